The lowest BCUT2D eigenvalue weighted by molar-refractivity contribution is 0.415. The first-order valence-corrected chi connectivity index (χ1v) is 9.80. The molecule has 0 saturated heterocycles. The molecule has 0 aliphatic rings. The summed E-state index contributed by atoms with van der Waals surface area (Å²) in [4.78, 5) is 3.51. The Bertz CT molecular complexity index is 1030. The molecular formula is C16H12Cl3N3O3S. The van der Waals surface area contributed by atoms with Gasteiger partial charge < -0.3 is 4.74 Å². The molecule has 26 heavy (non-hydrogen) atoms. The maximum Gasteiger partial charge on any atom is 0.276 e. The van der Waals surface area contributed by atoms with E-state index in [1.54, 1.807) is 30.3 Å². The van der Waals surface area contributed by atoms with Gasteiger partial charge in [-0.2, -0.15) is 23.1 Å². The van der Waals surface area contributed by atoms with Crippen LogP contribution in [0.2, 0.25) is 15.1 Å². The molecule has 0 atom stereocenters. The summed E-state index contributed by atoms with van der Waals surface area (Å²) in [6.45, 7) is 0. The first-order valence-electron chi connectivity index (χ1n) is 7.18. The summed E-state index contributed by atoms with van der Waals surface area (Å²) in [6.07, 6.45) is 1.32. The fourth-order valence-electron chi connectivity index (χ4n) is 2.32. The Morgan fingerprint density at radius 3 is 2.23 bits per heavy atom. The van der Waals surface area contributed by atoms with E-state index in [-0.39, 0.29) is 25.7 Å². The Balaban J connectivity index is 2.06. The van der Waals surface area contributed by atoms with Gasteiger partial charge >= 0.3 is 0 Å². The van der Waals surface area contributed by atoms with Crippen LogP contribution in [0.4, 0.5) is 0 Å². The normalized spacial score (nSPS) is 11.4. The molecule has 0 unspecified atom stereocenters. The van der Waals surface area contributed by atoms with E-state index in [0.29, 0.717) is 11.3 Å². The molecule has 1 heterocycles. The van der Waals surface area contributed by atoms with Gasteiger partial charge in [-0.15, -0.1) is 0 Å². The van der Waals surface area contributed by atoms with Gasteiger partial charge in [0.25, 0.3) is 10.0 Å². The van der Waals surface area contributed by atoms with Gasteiger partial charge in [0.1, 0.15) is 5.69 Å². The highest BCUT2D eigenvalue weighted by Gasteiger charge is 2.20. The molecule has 136 valence electrons. The molecule has 0 amide bonds. The van der Waals surface area contributed by atoms with E-state index < -0.39 is 10.0 Å². The molecule has 3 rings (SSSR count). The highest BCUT2D eigenvalue weighted by atomic mass is 35.5. The van der Waals surface area contributed by atoms with E-state index in [2.05, 4.69) is 9.93 Å². The second-order valence-corrected chi connectivity index (χ2v) is 8.02. The van der Waals surface area contributed by atoms with E-state index in [1.165, 1.54) is 25.4 Å². The van der Waals surface area contributed by atoms with Crippen LogP contribution in [0.5, 0.6) is 5.75 Å². The lowest BCUT2D eigenvalue weighted by Crippen LogP contribution is -2.25. The highest BCUT2D eigenvalue weighted by molar-refractivity contribution is 7.92. The van der Waals surface area contributed by atoms with Crippen LogP contribution >= 0.6 is 34.8 Å². The minimum atomic E-state index is -3.86. The number of nitrogens with zero attached hydrogens (tertiary/aromatic N) is 2. The van der Waals surface area contributed by atoms with E-state index in [9.17, 15) is 8.42 Å². The van der Waals surface area contributed by atoms with Gasteiger partial charge in [0.15, 0.2) is 5.75 Å². The summed E-state index contributed by atoms with van der Waals surface area (Å²) in [5.41, 5.74) is 0.761. The molecule has 10 heteroatoms. The first kappa shape index (κ1) is 18.8. The van der Waals surface area contributed by atoms with Crippen LogP contribution in [0.1, 0.15) is 0 Å². The molecule has 0 radical (unpaired) electrons. The van der Waals surface area contributed by atoms with Crippen molar-refractivity contribution in [2.45, 2.75) is 4.90 Å². The van der Waals surface area contributed by atoms with Crippen LogP contribution in [0.3, 0.4) is 0 Å². The summed E-state index contributed by atoms with van der Waals surface area (Å²) < 4.78 is 30.2. The molecule has 1 aromatic heterocycles. The molecule has 0 fully saturated rings. The largest absolute Gasteiger partial charge is 0.494 e. The minimum Gasteiger partial charge on any atom is -0.494 e. The van der Waals surface area contributed by atoms with Crippen molar-refractivity contribution in [2.24, 2.45) is 0 Å². The van der Waals surface area contributed by atoms with Crippen molar-refractivity contribution in [3.8, 4) is 17.0 Å². The van der Waals surface area contributed by atoms with Crippen molar-refractivity contribution in [1.29, 1.82) is 0 Å². The van der Waals surface area contributed by atoms with Gasteiger partial charge in [0.2, 0.25) is 0 Å². The van der Waals surface area contributed by atoms with Gasteiger partial charge in [-0.1, -0.05) is 53.0 Å². The molecule has 3 aromatic rings. The maximum atomic E-state index is 12.5. The quantitative estimate of drug-likeness (QED) is 0.646. The molecular weight excluding hydrogens is 421 g/mol. The van der Waals surface area contributed by atoms with E-state index in [1.807, 2.05) is 0 Å². The number of methoxy groups -OCH3 is 1. The Kier molecular flexibility index (Phi) is 5.34. The van der Waals surface area contributed by atoms with Crippen LogP contribution in [0.15, 0.2) is 53.6 Å². The smallest absolute Gasteiger partial charge is 0.276 e. The summed E-state index contributed by atoms with van der Waals surface area (Å²) in [6, 6.07) is 11.0. The maximum absolute atomic E-state index is 12.5. The van der Waals surface area contributed by atoms with Crippen LogP contribution in [0, 0.1) is 0 Å². The lowest BCUT2D eigenvalue weighted by Gasteiger charge is -2.13. The fourth-order valence-corrected chi connectivity index (χ4v) is 4.18. The monoisotopic (exact) mass is 431 g/mol. The number of aromatic nitrogens is 2. The Hall–Kier alpha value is -1.93. The average molecular weight is 433 g/mol. The van der Waals surface area contributed by atoms with Crippen molar-refractivity contribution in [2.75, 3.05) is 11.9 Å². The van der Waals surface area contributed by atoms with E-state index in [4.69, 9.17) is 39.5 Å². The van der Waals surface area contributed by atoms with Crippen LogP contribution < -0.4 is 9.57 Å². The second kappa shape index (κ2) is 7.36. The number of benzene rings is 2. The molecule has 0 aliphatic heterocycles. The van der Waals surface area contributed by atoms with Crippen molar-refractivity contribution in [3.05, 3.63) is 63.7 Å². The van der Waals surface area contributed by atoms with Gasteiger partial charge in [0, 0.05) is 5.56 Å². The van der Waals surface area contributed by atoms with E-state index >= 15 is 0 Å². The molecule has 0 aliphatic carbocycles. The van der Waals surface area contributed by atoms with E-state index in [0.717, 1.165) is 4.79 Å². The zero-order chi connectivity index (χ0) is 18.9. The molecule has 6 nitrogen and oxygen atoms in total. The topological polar surface area (TPSA) is 73.2 Å². The number of sulfonamides is 1. The Morgan fingerprint density at radius 1 is 1.04 bits per heavy atom. The second-order valence-electron chi connectivity index (χ2n) is 5.13. The third-order valence-corrected chi connectivity index (χ3v) is 5.60. The molecule has 1 N–H and O–H groups in total. The number of ether oxygens (including phenoxy) is 1. The third-order valence-electron chi connectivity index (χ3n) is 3.46. The zero-order valence-electron chi connectivity index (χ0n) is 13.3. The highest BCUT2D eigenvalue weighted by Crippen LogP contribution is 2.39. The van der Waals surface area contributed by atoms with Crippen molar-refractivity contribution >= 4 is 44.8 Å². The molecule has 0 spiro atoms. The summed E-state index contributed by atoms with van der Waals surface area (Å²) in [7, 11) is -2.42. The lowest BCUT2D eigenvalue weighted by atomic mass is 10.1. The van der Waals surface area contributed by atoms with Crippen molar-refractivity contribution < 1.29 is 13.2 Å². The number of rotatable bonds is 5. The SMILES string of the molecule is COc1c(Cl)cc(-c2c(Cl)cnn2NS(=O)(=O)c2ccccc2)cc1Cl. The number of nitrogens with one attached hydrogen (secondary N) is 1. The summed E-state index contributed by atoms with van der Waals surface area (Å²) in [5, 5.41) is 4.71. The predicted octanol–water partition coefficient (Wildman–Crippen LogP) is 4.45. The Morgan fingerprint density at radius 2 is 1.65 bits per heavy atom. The minimum absolute atomic E-state index is 0.0865. The standard InChI is InChI=1S/C16H12Cl3N3O3S/c1-25-16-12(17)7-10(8-13(16)18)15-14(19)9-20-22(15)21-26(23,24)11-5-3-2-4-6-11/h2-9,21H,1H3. The number of hydrogen-bond donors (Lipinski definition) is 1. The first-order chi connectivity index (χ1) is 12.3. The molecule has 0 saturated carbocycles. The third kappa shape index (κ3) is 3.61. The van der Waals surface area contributed by atoms with Crippen molar-refractivity contribution in [1.82, 2.24) is 9.89 Å². The Labute approximate surface area is 165 Å². The number of halogens is 3. The van der Waals surface area contributed by atoms with Gasteiger partial charge in [-0.05, 0) is 24.3 Å². The summed E-state index contributed by atoms with van der Waals surface area (Å²) >= 11 is 18.5. The van der Waals surface area contributed by atoms with Crippen LogP contribution in [-0.2, 0) is 10.0 Å². The molecule has 0 bridgehead atoms. The number of hydrogen-bond acceptors (Lipinski definition) is 4. The average Bonchev–Trinajstić information content (AvgIpc) is 2.95. The van der Waals surface area contributed by atoms with Gasteiger partial charge in [-0.3, -0.25) is 0 Å². The van der Waals surface area contributed by atoms with Gasteiger partial charge in [-0.25, -0.2) is 0 Å². The zero-order valence-corrected chi connectivity index (χ0v) is 16.4. The van der Waals surface area contributed by atoms with Crippen molar-refractivity contribution in [3.63, 3.8) is 0 Å². The predicted molar refractivity (Wildman–Crippen MR) is 102 cm³/mol. The molecule has 2 aromatic carbocycles. The van der Waals surface area contributed by atoms with Gasteiger partial charge in [0.05, 0.1) is 33.3 Å². The van der Waals surface area contributed by atoms with Crippen LogP contribution in [-0.4, -0.2) is 25.4 Å². The fraction of sp³-hybridized carbons (Fsp3) is 0.0625. The summed E-state index contributed by atoms with van der Waals surface area (Å²) in [5.74, 6) is 0.309. The van der Waals surface area contributed by atoms with Crippen LogP contribution in [0.25, 0.3) is 11.3 Å².